The van der Waals surface area contributed by atoms with Crippen LogP contribution in [-0.2, 0) is 17.4 Å². The second kappa shape index (κ2) is 4.51. The van der Waals surface area contributed by atoms with Crippen LogP contribution in [0.3, 0.4) is 0 Å². The van der Waals surface area contributed by atoms with Gasteiger partial charge in [0.2, 0.25) is 0 Å². The number of hydrogen-bond acceptors (Lipinski definition) is 1. The van der Waals surface area contributed by atoms with E-state index in [-0.39, 0.29) is 5.78 Å². The maximum atomic E-state index is 12.3. The fourth-order valence-corrected chi connectivity index (χ4v) is 1.45. The Morgan fingerprint density at radius 2 is 1.59 bits per heavy atom. The van der Waals surface area contributed by atoms with Gasteiger partial charge in [-0.2, -0.15) is 13.2 Å². The predicted molar refractivity (Wildman–Crippen MR) is 59.6 cm³/mol. The third-order valence-electron chi connectivity index (χ3n) is 2.88. The van der Waals surface area contributed by atoms with Crippen LogP contribution in [0.25, 0.3) is 0 Å². The first-order chi connectivity index (χ1) is 7.63. The minimum atomic E-state index is -4.31. The average molecular weight is 244 g/mol. The fraction of sp³-hybridized carbons (Fsp3) is 0.462. The molecule has 0 aliphatic carbocycles. The number of ketones is 1. The largest absolute Gasteiger partial charge is 0.416 e. The summed E-state index contributed by atoms with van der Waals surface area (Å²) in [4.78, 5) is 11.3. The third-order valence-corrected chi connectivity index (χ3v) is 2.88. The van der Waals surface area contributed by atoms with Crippen LogP contribution in [0.15, 0.2) is 24.3 Å². The van der Waals surface area contributed by atoms with Crippen LogP contribution < -0.4 is 0 Å². The fourth-order valence-electron chi connectivity index (χ4n) is 1.45. The van der Waals surface area contributed by atoms with Gasteiger partial charge >= 0.3 is 6.18 Å². The molecule has 0 amide bonds. The van der Waals surface area contributed by atoms with E-state index in [0.29, 0.717) is 6.42 Å². The number of benzene rings is 1. The van der Waals surface area contributed by atoms with Crippen molar-refractivity contribution >= 4 is 5.78 Å². The molecule has 1 aromatic carbocycles. The van der Waals surface area contributed by atoms with Gasteiger partial charge in [-0.05, 0) is 31.0 Å². The van der Waals surface area contributed by atoms with Crippen molar-refractivity contribution in [1.29, 1.82) is 0 Å². The Hall–Kier alpha value is -1.32. The van der Waals surface area contributed by atoms with Crippen molar-refractivity contribution < 1.29 is 18.0 Å². The summed E-state index contributed by atoms with van der Waals surface area (Å²) in [5, 5.41) is 0. The van der Waals surface area contributed by atoms with Gasteiger partial charge in [0.1, 0.15) is 5.78 Å². The van der Waals surface area contributed by atoms with E-state index in [2.05, 4.69) is 0 Å². The van der Waals surface area contributed by atoms with Gasteiger partial charge in [-0.25, -0.2) is 0 Å². The number of rotatable bonds is 3. The third kappa shape index (κ3) is 3.58. The molecule has 0 heterocycles. The van der Waals surface area contributed by atoms with E-state index in [0.717, 1.165) is 17.7 Å². The Balaban J connectivity index is 2.86. The van der Waals surface area contributed by atoms with E-state index in [1.807, 2.05) is 0 Å². The molecule has 0 atom stereocenters. The molecule has 0 N–H and O–H groups in total. The predicted octanol–water partition coefficient (Wildman–Crippen LogP) is 3.86. The van der Waals surface area contributed by atoms with E-state index < -0.39 is 17.2 Å². The van der Waals surface area contributed by atoms with Crippen molar-refractivity contribution in [2.45, 2.75) is 33.4 Å². The molecule has 4 heteroatoms. The van der Waals surface area contributed by atoms with Gasteiger partial charge in [0, 0.05) is 5.41 Å². The number of hydrogen-bond donors (Lipinski definition) is 0. The molecule has 0 saturated heterocycles. The highest BCUT2D eigenvalue weighted by molar-refractivity contribution is 5.81. The second-order valence-electron chi connectivity index (χ2n) is 4.81. The summed E-state index contributed by atoms with van der Waals surface area (Å²) in [7, 11) is 0. The number of Topliss-reactive ketones (excluding diaryl/α,β-unsaturated/α-hetero) is 1. The van der Waals surface area contributed by atoms with Gasteiger partial charge in [-0.3, -0.25) is 4.79 Å². The maximum absolute atomic E-state index is 12.3. The van der Waals surface area contributed by atoms with Gasteiger partial charge in [0.15, 0.2) is 0 Å². The zero-order valence-corrected chi connectivity index (χ0v) is 10.1. The van der Waals surface area contributed by atoms with Gasteiger partial charge in [-0.1, -0.05) is 26.0 Å². The van der Waals surface area contributed by atoms with Crippen LogP contribution in [0.5, 0.6) is 0 Å². The molecule has 0 radical (unpaired) electrons. The Morgan fingerprint density at radius 1 is 1.12 bits per heavy atom. The molecule has 0 fully saturated rings. The highest BCUT2D eigenvalue weighted by Gasteiger charge is 2.30. The number of carbonyl (C=O) groups is 1. The minimum absolute atomic E-state index is 0.0254. The smallest absolute Gasteiger partial charge is 0.299 e. The lowest BCUT2D eigenvalue weighted by Gasteiger charge is -2.21. The van der Waals surface area contributed by atoms with Crippen LogP contribution in [0.1, 0.15) is 31.9 Å². The molecule has 0 aliphatic heterocycles. The van der Waals surface area contributed by atoms with Crippen LogP contribution in [-0.4, -0.2) is 5.78 Å². The zero-order valence-electron chi connectivity index (χ0n) is 10.1. The molecule has 94 valence electrons. The van der Waals surface area contributed by atoms with Crippen molar-refractivity contribution in [3.63, 3.8) is 0 Å². The molecule has 0 aromatic heterocycles. The highest BCUT2D eigenvalue weighted by atomic mass is 19.4. The summed E-state index contributed by atoms with van der Waals surface area (Å²) in [5.41, 5.74) is -0.472. The second-order valence-corrected chi connectivity index (χ2v) is 4.81. The first-order valence-corrected chi connectivity index (χ1v) is 5.30. The van der Waals surface area contributed by atoms with Crippen LogP contribution in [0.4, 0.5) is 13.2 Å². The molecule has 0 aliphatic rings. The first-order valence-electron chi connectivity index (χ1n) is 5.30. The summed E-state index contributed by atoms with van der Waals surface area (Å²) < 4.78 is 37.0. The average Bonchev–Trinajstić information content (AvgIpc) is 2.16. The highest BCUT2D eigenvalue weighted by Crippen LogP contribution is 2.30. The lowest BCUT2D eigenvalue weighted by atomic mass is 9.82. The minimum Gasteiger partial charge on any atom is -0.299 e. The molecular weight excluding hydrogens is 229 g/mol. The van der Waals surface area contributed by atoms with Crippen LogP contribution in [0.2, 0.25) is 0 Å². The summed E-state index contributed by atoms with van der Waals surface area (Å²) in [6.07, 6.45) is -3.87. The van der Waals surface area contributed by atoms with Crippen LogP contribution >= 0.6 is 0 Å². The number of alkyl halides is 3. The van der Waals surface area contributed by atoms with E-state index in [1.165, 1.54) is 19.1 Å². The van der Waals surface area contributed by atoms with Crippen molar-refractivity contribution in [1.82, 2.24) is 0 Å². The lowest BCUT2D eigenvalue weighted by molar-refractivity contribution is -0.137. The Kier molecular flexibility index (Phi) is 3.65. The van der Waals surface area contributed by atoms with Crippen molar-refractivity contribution in [2.24, 2.45) is 5.41 Å². The molecule has 1 rings (SSSR count). The van der Waals surface area contributed by atoms with E-state index in [1.54, 1.807) is 13.8 Å². The molecule has 17 heavy (non-hydrogen) atoms. The van der Waals surface area contributed by atoms with E-state index in [9.17, 15) is 18.0 Å². The summed E-state index contributed by atoms with van der Waals surface area (Å²) in [5.74, 6) is 0.0254. The summed E-state index contributed by atoms with van der Waals surface area (Å²) in [6, 6.07) is 4.94. The lowest BCUT2D eigenvalue weighted by Crippen LogP contribution is -2.24. The monoisotopic (exact) mass is 244 g/mol. The maximum Gasteiger partial charge on any atom is 0.416 e. The van der Waals surface area contributed by atoms with E-state index in [4.69, 9.17) is 0 Å². The van der Waals surface area contributed by atoms with E-state index >= 15 is 0 Å². The summed E-state index contributed by atoms with van der Waals surface area (Å²) in [6.45, 7) is 5.06. The number of halogens is 3. The number of carbonyl (C=O) groups excluding carboxylic acids is 1. The molecule has 0 unspecified atom stereocenters. The summed E-state index contributed by atoms with van der Waals surface area (Å²) >= 11 is 0. The molecule has 0 saturated carbocycles. The molecule has 0 bridgehead atoms. The molecule has 0 spiro atoms. The SMILES string of the molecule is CC(=O)C(C)(C)Cc1ccc(C(F)(F)F)cc1. The normalized spacial score (nSPS) is 12.6. The standard InChI is InChI=1S/C13H15F3O/c1-9(17)12(2,3)8-10-4-6-11(7-5-10)13(14,15)16/h4-7H,8H2,1-3H3. The molecule has 1 nitrogen and oxygen atoms in total. The Morgan fingerprint density at radius 3 is 1.94 bits per heavy atom. The Labute approximate surface area is 98.6 Å². The zero-order chi connectivity index (χ0) is 13.3. The Bertz CT molecular complexity index is 402. The quantitative estimate of drug-likeness (QED) is 0.789. The van der Waals surface area contributed by atoms with Crippen LogP contribution in [0, 0.1) is 5.41 Å². The molecule has 1 aromatic rings. The van der Waals surface area contributed by atoms with Crippen molar-refractivity contribution in [3.05, 3.63) is 35.4 Å². The van der Waals surface area contributed by atoms with Crippen molar-refractivity contribution in [2.75, 3.05) is 0 Å². The van der Waals surface area contributed by atoms with Gasteiger partial charge in [0.05, 0.1) is 5.56 Å². The first kappa shape index (κ1) is 13.7. The topological polar surface area (TPSA) is 17.1 Å². The van der Waals surface area contributed by atoms with Gasteiger partial charge in [-0.15, -0.1) is 0 Å². The molecular formula is C13H15F3O. The van der Waals surface area contributed by atoms with Gasteiger partial charge in [0.25, 0.3) is 0 Å². The van der Waals surface area contributed by atoms with Crippen molar-refractivity contribution in [3.8, 4) is 0 Å². The van der Waals surface area contributed by atoms with Gasteiger partial charge < -0.3 is 0 Å².